The average Bonchev–Trinajstić information content (AvgIpc) is 2.29. The molecule has 0 bridgehead atoms. The molecule has 1 aromatic rings. The fourth-order valence-electron chi connectivity index (χ4n) is 1.14. The summed E-state index contributed by atoms with van der Waals surface area (Å²) in [7, 11) is 0. The zero-order valence-corrected chi connectivity index (χ0v) is 9.87. The molecule has 0 aliphatic rings. The molecule has 0 amide bonds. The van der Waals surface area contributed by atoms with E-state index in [2.05, 4.69) is 4.98 Å². The number of aromatic nitrogens is 1. The van der Waals surface area contributed by atoms with Crippen LogP contribution in [0.5, 0.6) is 0 Å². The average molecular weight is 227 g/mol. The third kappa shape index (κ3) is 3.81. The van der Waals surface area contributed by atoms with Gasteiger partial charge in [-0.25, -0.2) is 0 Å². The van der Waals surface area contributed by atoms with Gasteiger partial charge < -0.3 is 10.2 Å². The van der Waals surface area contributed by atoms with Crippen LogP contribution in [0.2, 0.25) is 0 Å². The van der Waals surface area contributed by atoms with Gasteiger partial charge in [0, 0.05) is 16.3 Å². The molecular formula is C11H17NO2S. The van der Waals surface area contributed by atoms with E-state index in [4.69, 9.17) is 5.11 Å². The first-order valence-electron chi connectivity index (χ1n) is 5.09. The standard InChI is InChI=1S/C11H17NO2S/c1-3-11(14)10-5-4-9(6-12-10)15-8(2)7-13/h4-6,8,11,13-14H,3,7H2,1-2H3/t8?,11-/m0/s1. The number of pyridine rings is 1. The molecule has 0 aliphatic heterocycles. The predicted octanol–water partition coefficient (Wildman–Crippen LogP) is 2.00. The highest BCUT2D eigenvalue weighted by atomic mass is 32.2. The van der Waals surface area contributed by atoms with Crippen LogP contribution < -0.4 is 0 Å². The lowest BCUT2D eigenvalue weighted by molar-refractivity contribution is 0.169. The fourth-order valence-corrected chi connectivity index (χ4v) is 1.94. The van der Waals surface area contributed by atoms with Crippen molar-refractivity contribution in [3.05, 3.63) is 24.0 Å². The number of thioether (sulfide) groups is 1. The van der Waals surface area contributed by atoms with Crippen molar-refractivity contribution in [1.82, 2.24) is 4.98 Å². The lowest BCUT2D eigenvalue weighted by atomic mass is 10.2. The summed E-state index contributed by atoms with van der Waals surface area (Å²) in [5.41, 5.74) is 0.707. The van der Waals surface area contributed by atoms with Gasteiger partial charge in [-0.2, -0.15) is 0 Å². The van der Waals surface area contributed by atoms with Crippen LogP contribution >= 0.6 is 11.8 Å². The molecule has 1 aromatic heterocycles. The molecule has 1 heterocycles. The summed E-state index contributed by atoms with van der Waals surface area (Å²) in [6.45, 7) is 4.03. The lowest BCUT2D eigenvalue weighted by Crippen LogP contribution is -2.02. The zero-order chi connectivity index (χ0) is 11.3. The van der Waals surface area contributed by atoms with Gasteiger partial charge in [0.05, 0.1) is 18.4 Å². The minimum atomic E-state index is -0.473. The topological polar surface area (TPSA) is 53.4 Å². The summed E-state index contributed by atoms with van der Waals surface area (Å²) in [5.74, 6) is 0. The quantitative estimate of drug-likeness (QED) is 0.755. The zero-order valence-electron chi connectivity index (χ0n) is 9.05. The number of aliphatic hydroxyl groups is 2. The smallest absolute Gasteiger partial charge is 0.0957 e. The minimum absolute atomic E-state index is 0.157. The van der Waals surface area contributed by atoms with Gasteiger partial charge in [-0.3, -0.25) is 4.98 Å². The minimum Gasteiger partial charge on any atom is -0.395 e. The van der Waals surface area contributed by atoms with Crippen molar-refractivity contribution in [2.75, 3.05) is 6.61 Å². The molecule has 0 spiro atoms. The van der Waals surface area contributed by atoms with Gasteiger partial charge in [0.15, 0.2) is 0 Å². The molecular weight excluding hydrogens is 210 g/mol. The van der Waals surface area contributed by atoms with Gasteiger partial charge in [0.25, 0.3) is 0 Å². The molecule has 2 N–H and O–H groups in total. The third-order valence-corrected chi connectivity index (χ3v) is 3.15. The summed E-state index contributed by atoms with van der Waals surface area (Å²) in [6, 6.07) is 3.76. The van der Waals surface area contributed by atoms with Crippen LogP contribution in [0.4, 0.5) is 0 Å². The van der Waals surface area contributed by atoms with Crippen LogP contribution in [0.3, 0.4) is 0 Å². The maximum atomic E-state index is 9.54. The first kappa shape index (κ1) is 12.5. The second-order valence-corrected chi connectivity index (χ2v) is 4.97. The normalized spacial score (nSPS) is 14.9. The van der Waals surface area contributed by atoms with Gasteiger partial charge in [-0.15, -0.1) is 11.8 Å². The van der Waals surface area contributed by atoms with Crippen LogP contribution in [0.1, 0.15) is 32.1 Å². The number of nitrogens with zero attached hydrogens (tertiary/aromatic N) is 1. The molecule has 1 rings (SSSR count). The van der Waals surface area contributed by atoms with E-state index in [-0.39, 0.29) is 11.9 Å². The molecule has 2 atom stereocenters. The van der Waals surface area contributed by atoms with Gasteiger partial charge >= 0.3 is 0 Å². The first-order valence-corrected chi connectivity index (χ1v) is 5.96. The Morgan fingerprint density at radius 2 is 2.20 bits per heavy atom. The molecule has 1 unspecified atom stereocenters. The molecule has 3 nitrogen and oxygen atoms in total. The Balaban J connectivity index is 2.64. The Hall–Kier alpha value is -0.580. The van der Waals surface area contributed by atoms with E-state index in [0.29, 0.717) is 12.1 Å². The summed E-state index contributed by atoms with van der Waals surface area (Å²) in [6.07, 6.45) is 1.94. The second-order valence-electron chi connectivity index (χ2n) is 3.45. The number of aliphatic hydroxyl groups excluding tert-OH is 2. The first-order chi connectivity index (χ1) is 7.17. The Morgan fingerprint density at radius 1 is 1.47 bits per heavy atom. The van der Waals surface area contributed by atoms with E-state index in [0.717, 1.165) is 4.90 Å². The molecule has 15 heavy (non-hydrogen) atoms. The van der Waals surface area contributed by atoms with Crippen molar-refractivity contribution >= 4 is 11.8 Å². The van der Waals surface area contributed by atoms with Crippen molar-refractivity contribution in [3.8, 4) is 0 Å². The molecule has 4 heteroatoms. The SMILES string of the molecule is CC[C@H](O)c1ccc(SC(C)CO)cn1. The fraction of sp³-hybridized carbons (Fsp3) is 0.545. The summed E-state index contributed by atoms with van der Waals surface area (Å²) >= 11 is 1.58. The Morgan fingerprint density at radius 3 is 2.67 bits per heavy atom. The van der Waals surface area contributed by atoms with Crippen LogP contribution in [0.15, 0.2) is 23.2 Å². The van der Waals surface area contributed by atoms with Gasteiger partial charge in [-0.1, -0.05) is 13.8 Å². The highest BCUT2D eigenvalue weighted by Gasteiger charge is 2.07. The van der Waals surface area contributed by atoms with Gasteiger partial charge in [0.1, 0.15) is 0 Å². The molecule has 0 saturated carbocycles. The molecule has 0 saturated heterocycles. The molecule has 84 valence electrons. The maximum Gasteiger partial charge on any atom is 0.0957 e. The van der Waals surface area contributed by atoms with E-state index in [9.17, 15) is 5.11 Å². The number of hydrogen-bond donors (Lipinski definition) is 2. The van der Waals surface area contributed by atoms with Crippen LogP contribution in [0, 0.1) is 0 Å². The van der Waals surface area contributed by atoms with Crippen molar-refractivity contribution in [2.45, 2.75) is 36.5 Å². The third-order valence-electron chi connectivity index (χ3n) is 2.08. The van der Waals surface area contributed by atoms with Crippen molar-refractivity contribution in [3.63, 3.8) is 0 Å². The molecule has 0 fully saturated rings. The largest absolute Gasteiger partial charge is 0.395 e. The summed E-state index contributed by atoms with van der Waals surface area (Å²) in [5, 5.41) is 18.6. The Labute approximate surface area is 94.6 Å². The maximum absolute atomic E-state index is 9.54. The van der Waals surface area contributed by atoms with E-state index in [1.54, 1.807) is 18.0 Å². The van der Waals surface area contributed by atoms with Crippen molar-refractivity contribution in [1.29, 1.82) is 0 Å². The Bertz CT molecular complexity index is 289. The van der Waals surface area contributed by atoms with Crippen LogP contribution in [0.25, 0.3) is 0 Å². The van der Waals surface area contributed by atoms with Crippen LogP contribution in [-0.4, -0.2) is 27.1 Å². The number of rotatable bonds is 5. The number of hydrogen-bond acceptors (Lipinski definition) is 4. The highest BCUT2D eigenvalue weighted by molar-refractivity contribution is 8.00. The molecule has 0 radical (unpaired) electrons. The molecule has 0 aromatic carbocycles. The van der Waals surface area contributed by atoms with E-state index < -0.39 is 6.10 Å². The van der Waals surface area contributed by atoms with Crippen molar-refractivity contribution < 1.29 is 10.2 Å². The highest BCUT2D eigenvalue weighted by Crippen LogP contribution is 2.23. The van der Waals surface area contributed by atoms with Gasteiger partial charge in [0.2, 0.25) is 0 Å². The van der Waals surface area contributed by atoms with Crippen molar-refractivity contribution in [2.24, 2.45) is 0 Å². The van der Waals surface area contributed by atoms with E-state index in [1.165, 1.54) is 0 Å². The van der Waals surface area contributed by atoms with Gasteiger partial charge in [-0.05, 0) is 18.6 Å². The molecule has 0 aliphatic carbocycles. The Kier molecular flexibility index (Phi) is 5.08. The van der Waals surface area contributed by atoms with E-state index >= 15 is 0 Å². The van der Waals surface area contributed by atoms with E-state index in [1.807, 2.05) is 26.0 Å². The summed E-state index contributed by atoms with van der Waals surface area (Å²) < 4.78 is 0. The monoisotopic (exact) mass is 227 g/mol. The summed E-state index contributed by atoms with van der Waals surface area (Å²) in [4.78, 5) is 5.20. The van der Waals surface area contributed by atoms with Crippen LogP contribution in [-0.2, 0) is 0 Å². The lowest BCUT2D eigenvalue weighted by Gasteiger charge is -2.09. The second kappa shape index (κ2) is 6.10. The predicted molar refractivity (Wildman–Crippen MR) is 61.9 cm³/mol.